The summed E-state index contributed by atoms with van der Waals surface area (Å²) in [4.78, 5) is 0. The molecule has 1 heterocycles. The van der Waals surface area contributed by atoms with Crippen molar-refractivity contribution in [2.24, 2.45) is 11.7 Å². The molecule has 108 valence electrons. The smallest absolute Gasteiger partial charge is 0.216 e. The summed E-state index contributed by atoms with van der Waals surface area (Å²) in [5.41, 5.74) is 5.95. The quantitative estimate of drug-likeness (QED) is 0.780. The average molecular weight is 278 g/mol. The van der Waals surface area contributed by atoms with Crippen LogP contribution in [0.4, 0.5) is 0 Å². The molecule has 1 fully saturated rings. The van der Waals surface area contributed by atoms with Gasteiger partial charge in [0.05, 0.1) is 5.25 Å². The zero-order chi connectivity index (χ0) is 13.8. The Morgan fingerprint density at radius 3 is 2.39 bits per heavy atom. The summed E-state index contributed by atoms with van der Waals surface area (Å²) in [5, 5.41) is -0.286. The third-order valence-electron chi connectivity index (χ3n) is 3.66. The number of sulfonamides is 1. The van der Waals surface area contributed by atoms with Crippen LogP contribution in [0, 0.1) is 5.92 Å². The Balaban J connectivity index is 2.51. The van der Waals surface area contributed by atoms with Crippen LogP contribution >= 0.6 is 0 Å². The van der Waals surface area contributed by atoms with Crippen LogP contribution < -0.4 is 5.73 Å². The normalized spacial score (nSPS) is 20.6. The van der Waals surface area contributed by atoms with E-state index >= 15 is 0 Å². The molecule has 0 amide bonds. The Labute approximate surface area is 111 Å². The standard InChI is InChI=1S/C12H26N2O3S/c1-10(2)12(13)4-7-14(3)18(15,16)11-5-8-17-9-6-11/h10-12H,4-9,13H2,1-3H3. The van der Waals surface area contributed by atoms with Crippen molar-refractivity contribution in [2.45, 2.75) is 44.4 Å². The molecule has 0 bridgehead atoms. The fourth-order valence-corrected chi connectivity index (χ4v) is 3.68. The number of ether oxygens (including phenoxy) is 1. The maximum Gasteiger partial charge on any atom is 0.216 e. The summed E-state index contributed by atoms with van der Waals surface area (Å²) >= 11 is 0. The first-order valence-corrected chi connectivity index (χ1v) is 8.14. The Morgan fingerprint density at radius 2 is 1.89 bits per heavy atom. The molecule has 0 spiro atoms. The summed E-state index contributed by atoms with van der Waals surface area (Å²) in [6, 6.07) is 0.0531. The highest BCUT2D eigenvalue weighted by molar-refractivity contribution is 7.89. The largest absolute Gasteiger partial charge is 0.381 e. The summed E-state index contributed by atoms with van der Waals surface area (Å²) in [6.07, 6.45) is 1.91. The Bertz CT molecular complexity index is 337. The minimum absolute atomic E-state index is 0.0531. The second-order valence-electron chi connectivity index (χ2n) is 5.37. The van der Waals surface area contributed by atoms with Crippen molar-refractivity contribution in [1.29, 1.82) is 0 Å². The molecule has 5 nitrogen and oxygen atoms in total. The van der Waals surface area contributed by atoms with Crippen LogP contribution in [0.5, 0.6) is 0 Å². The number of nitrogens with zero attached hydrogens (tertiary/aromatic N) is 1. The fraction of sp³-hybridized carbons (Fsp3) is 1.00. The van der Waals surface area contributed by atoms with Crippen molar-refractivity contribution in [1.82, 2.24) is 4.31 Å². The lowest BCUT2D eigenvalue weighted by atomic mass is 10.0. The Hall–Kier alpha value is -0.170. The van der Waals surface area contributed by atoms with E-state index in [1.807, 2.05) is 0 Å². The molecule has 0 aromatic carbocycles. The first-order valence-electron chi connectivity index (χ1n) is 6.64. The van der Waals surface area contributed by atoms with E-state index in [4.69, 9.17) is 10.5 Å². The second kappa shape index (κ2) is 6.84. The van der Waals surface area contributed by atoms with Crippen LogP contribution in [0.2, 0.25) is 0 Å². The summed E-state index contributed by atoms with van der Waals surface area (Å²) in [6.45, 7) is 5.70. The van der Waals surface area contributed by atoms with Crippen LogP contribution in [0.15, 0.2) is 0 Å². The maximum atomic E-state index is 12.3. The van der Waals surface area contributed by atoms with Gasteiger partial charge in [-0.05, 0) is 25.2 Å². The minimum atomic E-state index is -3.19. The van der Waals surface area contributed by atoms with E-state index in [1.54, 1.807) is 7.05 Å². The molecule has 1 aliphatic heterocycles. The van der Waals surface area contributed by atoms with Gasteiger partial charge in [0, 0.05) is 32.8 Å². The maximum absolute atomic E-state index is 12.3. The van der Waals surface area contributed by atoms with Gasteiger partial charge in [-0.2, -0.15) is 0 Å². The molecule has 1 saturated heterocycles. The third kappa shape index (κ3) is 4.19. The zero-order valence-corrected chi connectivity index (χ0v) is 12.4. The molecular formula is C12H26N2O3S. The van der Waals surface area contributed by atoms with Gasteiger partial charge in [0.1, 0.15) is 0 Å². The van der Waals surface area contributed by atoms with Crippen molar-refractivity contribution >= 4 is 10.0 Å². The van der Waals surface area contributed by atoms with Crippen molar-refractivity contribution in [3.63, 3.8) is 0 Å². The lowest BCUT2D eigenvalue weighted by Crippen LogP contribution is -2.41. The van der Waals surface area contributed by atoms with Gasteiger partial charge in [-0.25, -0.2) is 12.7 Å². The summed E-state index contributed by atoms with van der Waals surface area (Å²) < 4.78 is 31.3. The molecule has 6 heteroatoms. The number of nitrogens with two attached hydrogens (primary N) is 1. The average Bonchev–Trinajstić information content (AvgIpc) is 2.36. The first kappa shape index (κ1) is 15.9. The molecule has 0 aliphatic carbocycles. The molecular weight excluding hydrogens is 252 g/mol. The molecule has 0 radical (unpaired) electrons. The second-order valence-corrected chi connectivity index (χ2v) is 7.69. The van der Waals surface area contributed by atoms with E-state index in [0.717, 1.165) is 0 Å². The van der Waals surface area contributed by atoms with Crippen molar-refractivity contribution in [3.05, 3.63) is 0 Å². The van der Waals surface area contributed by atoms with Crippen LogP contribution in [0.25, 0.3) is 0 Å². The van der Waals surface area contributed by atoms with Crippen LogP contribution in [0.1, 0.15) is 33.1 Å². The van der Waals surface area contributed by atoms with Crippen LogP contribution in [-0.2, 0) is 14.8 Å². The minimum Gasteiger partial charge on any atom is -0.381 e. The van der Waals surface area contributed by atoms with Crippen LogP contribution in [0.3, 0.4) is 0 Å². The molecule has 2 N–H and O–H groups in total. The van der Waals surface area contributed by atoms with Crippen molar-refractivity contribution in [2.75, 3.05) is 26.8 Å². The molecule has 18 heavy (non-hydrogen) atoms. The molecule has 0 aromatic heterocycles. The van der Waals surface area contributed by atoms with Crippen molar-refractivity contribution in [3.8, 4) is 0 Å². The molecule has 1 rings (SSSR count). The lowest BCUT2D eigenvalue weighted by molar-refractivity contribution is 0.0973. The van der Waals surface area contributed by atoms with Gasteiger partial charge in [0.15, 0.2) is 0 Å². The molecule has 1 atom stereocenters. The molecule has 1 aliphatic rings. The Morgan fingerprint density at radius 1 is 1.33 bits per heavy atom. The monoisotopic (exact) mass is 278 g/mol. The predicted octanol–water partition coefficient (Wildman–Crippen LogP) is 0.800. The van der Waals surface area contributed by atoms with Gasteiger partial charge < -0.3 is 10.5 Å². The highest BCUT2D eigenvalue weighted by Gasteiger charge is 2.31. The topological polar surface area (TPSA) is 72.6 Å². The highest BCUT2D eigenvalue weighted by atomic mass is 32.2. The van der Waals surface area contributed by atoms with E-state index in [2.05, 4.69) is 13.8 Å². The van der Waals surface area contributed by atoms with E-state index in [9.17, 15) is 8.42 Å². The van der Waals surface area contributed by atoms with Gasteiger partial charge in [-0.15, -0.1) is 0 Å². The molecule has 1 unspecified atom stereocenters. The summed E-state index contributed by atoms with van der Waals surface area (Å²) in [7, 11) is -1.53. The molecule has 0 saturated carbocycles. The van der Waals surface area contributed by atoms with Crippen LogP contribution in [-0.4, -0.2) is 50.8 Å². The van der Waals surface area contributed by atoms with Gasteiger partial charge in [0.25, 0.3) is 0 Å². The SMILES string of the molecule is CC(C)C(N)CCN(C)S(=O)(=O)C1CCOCC1. The van der Waals surface area contributed by atoms with E-state index in [1.165, 1.54) is 4.31 Å². The first-order chi connectivity index (χ1) is 8.35. The lowest BCUT2D eigenvalue weighted by Gasteiger charge is -2.28. The fourth-order valence-electron chi connectivity index (χ4n) is 2.02. The van der Waals surface area contributed by atoms with Crippen molar-refractivity contribution < 1.29 is 13.2 Å². The van der Waals surface area contributed by atoms with Gasteiger partial charge in [0.2, 0.25) is 10.0 Å². The third-order valence-corrected chi connectivity index (χ3v) is 6.02. The molecule has 0 aromatic rings. The van der Waals surface area contributed by atoms with Gasteiger partial charge in [-0.1, -0.05) is 13.8 Å². The van der Waals surface area contributed by atoms with E-state index < -0.39 is 10.0 Å². The highest BCUT2D eigenvalue weighted by Crippen LogP contribution is 2.19. The predicted molar refractivity (Wildman–Crippen MR) is 72.8 cm³/mol. The number of hydrogen-bond acceptors (Lipinski definition) is 4. The number of rotatable bonds is 6. The van der Waals surface area contributed by atoms with E-state index in [0.29, 0.717) is 44.9 Å². The number of hydrogen-bond donors (Lipinski definition) is 1. The Kier molecular flexibility index (Phi) is 6.04. The van der Waals surface area contributed by atoms with Gasteiger partial charge in [-0.3, -0.25) is 0 Å². The van der Waals surface area contributed by atoms with E-state index in [-0.39, 0.29) is 11.3 Å². The van der Waals surface area contributed by atoms with Gasteiger partial charge >= 0.3 is 0 Å². The summed E-state index contributed by atoms with van der Waals surface area (Å²) in [5.74, 6) is 0.379. The zero-order valence-electron chi connectivity index (χ0n) is 11.6.